The van der Waals surface area contributed by atoms with Crippen molar-refractivity contribution in [3.63, 3.8) is 0 Å². The first-order chi connectivity index (χ1) is 11.3. The molecule has 2 rings (SSSR count). The molecule has 0 radical (unpaired) electrons. The molecule has 0 saturated carbocycles. The van der Waals surface area contributed by atoms with Gasteiger partial charge in [-0.1, -0.05) is 32.4 Å². The van der Waals surface area contributed by atoms with Gasteiger partial charge < -0.3 is 5.73 Å². The van der Waals surface area contributed by atoms with E-state index in [1.165, 1.54) is 0 Å². The summed E-state index contributed by atoms with van der Waals surface area (Å²) in [6.07, 6.45) is 7.02. The lowest BCUT2D eigenvalue weighted by molar-refractivity contribution is -0.131. The molecule has 2 atom stereocenters. The van der Waals surface area contributed by atoms with E-state index in [1.807, 2.05) is 17.8 Å². The molecule has 6 heteroatoms. The van der Waals surface area contributed by atoms with Gasteiger partial charge in [0.05, 0.1) is 12.2 Å². The Bertz CT molecular complexity index is 598. The summed E-state index contributed by atoms with van der Waals surface area (Å²) < 4.78 is 1.84. The highest BCUT2D eigenvalue weighted by atomic mass is 16.1. The molecule has 134 valence electrons. The molecule has 1 aliphatic rings. The van der Waals surface area contributed by atoms with Crippen molar-refractivity contribution in [2.45, 2.75) is 72.3 Å². The maximum atomic E-state index is 12.8. The first kappa shape index (κ1) is 18.8. The Hall–Kier alpha value is -1.56. The molecule has 1 aliphatic heterocycles. The zero-order chi connectivity index (χ0) is 17.8. The summed E-state index contributed by atoms with van der Waals surface area (Å²) in [6.45, 7) is 6.82. The van der Waals surface area contributed by atoms with Gasteiger partial charge in [-0.25, -0.2) is 0 Å². The normalized spacial score (nSPS) is 29.4. The number of ketones is 2. The lowest BCUT2D eigenvalue weighted by atomic mass is 9.72. The second-order valence-corrected chi connectivity index (χ2v) is 7.63. The molecule has 1 aromatic heterocycles. The van der Waals surface area contributed by atoms with Gasteiger partial charge in [0.15, 0.2) is 5.78 Å². The molecule has 24 heavy (non-hydrogen) atoms. The predicted molar refractivity (Wildman–Crippen MR) is 92.4 cm³/mol. The number of carbonyl (C=O) groups is 2. The first-order valence-corrected chi connectivity index (χ1v) is 8.99. The van der Waals surface area contributed by atoms with Gasteiger partial charge in [0.1, 0.15) is 5.78 Å². The largest absolute Gasteiger partial charge is 0.324 e. The SMILES string of the molecule is CC[C@@]1(C)CCCCn2cc(nn2)C[C@@](C)(C(=O)CN)CCC1=O. The van der Waals surface area contributed by atoms with Gasteiger partial charge in [0.25, 0.3) is 0 Å². The quantitative estimate of drug-likeness (QED) is 0.916. The third-order valence-electron chi connectivity index (χ3n) is 5.74. The van der Waals surface area contributed by atoms with Gasteiger partial charge in [-0.15, -0.1) is 5.10 Å². The average Bonchev–Trinajstić information content (AvgIpc) is 3.02. The summed E-state index contributed by atoms with van der Waals surface area (Å²) >= 11 is 0. The number of Topliss-reactive ketones (excluding diaryl/α,β-unsaturated/α-hetero) is 2. The van der Waals surface area contributed by atoms with Crippen molar-refractivity contribution in [3.05, 3.63) is 11.9 Å². The van der Waals surface area contributed by atoms with Gasteiger partial charge in [-0.2, -0.15) is 0 Å². The second-order valence-electron chi connectivity index (χ2n) is 7.63. The molecule has 0 aliphatic carbocycles. The average molecular weight is 334 g/mol. The fourth-order valence-electron chi connectivity index (χ4n) is 3.49. The van der Waals surface area contributed by atoms with Gasteiger partial charge in [-0.05, 0) is 25.7 Å². The Labute approximate surface area is 144 Å². The Morgan fingerprint density at radius 2 is 2.08 bits per heavy atom. The molecule has 0 amide bonds. The van der Waals surface area contributed by atoms with Crippen molar-refractivity contribution in [1.82, 2.24) is 15.0 Å². The highest BCUT2D eigenvalue weighted by molar-refractivity contribution is 5.88. The fourth-order valence-corrected chi connectivity index (χ4v) is 3.49. The van der Waals surface area contributed by atoms with E-state index in [4.69, 9.17) is 5.73 Å². The minimum absolute atomic E-state index is 0.0100. The predicted octanol–water partition coefficient (Wildman–Crippen LogP) is 2.30. The van der Waals surface area contributed by atoms with E-state index in [0.717, 1.165) is 37.9 Å². The first-order valence-electron chi connectivity index (χ1n) is 8.99. The topological polar surface area (TPSA) is 90.9 Å². The number of nitrogens with two attached hydrogens (primary N) is 1. The lowest BCUT2D eigenvalue weighted by Crippen LogP contribution is -2.37. The van der Waals surface area contributed by atoms with Crippen molar-refractivity contribution in [3.8, 4) is 0 Å². The zero-order valence-electron chi connectivity index (χ0n) is 15.2. The molecule has 2 bridgehead atoms. The third kappa shape index (κ3) is 4.09. The number of rotatable bonds is 3. The summed E-state index contributed by atoms with van der Waals surface area (Å²) in [5, 5.41) is 8.36. The van der Waals surface area contributed by atoms with Crippen LogP contribution in [0.5, 0.6) is 0 Å². The van der Waals surface area contributed by atoms with E-state index in [2.05, 4.69) is 24.2 Å². The van der Waals surface area contributed by atoms with Crippen molar-refractivity contribution in [2.24, 2.45) is 16.6 Å². The number of aryl methyl sites for hydroxylation is 1. The third-order valence-corrected chi connectivity index (χ3v) is 5.74. The maximum Gasteiger partial charge on any atom is 0.152 e. The van der Waals surface area contributed by atoms with Crippen molar-refractivity contribution >= 4 is 11.6 Å². The van der Waals surface area contributed by atoms with Gasteiger partial charge in [-0.3, -0.25) is 14.3 Å². The minimum atomic E-state index is -0.659. The van der Waals surface area contributed by atoms with Crippen molar-refractivity contribution < 1.29 is 9.59 Å². The Morgan fingerprint density at radius 1 is 1.33 bits per heavy atom. The summed E-state index contributed by atoms with van der Waals surface area (Å²) in [4.78, 5) is 25.3. The molecule has 0 unspecified atom stereocenters. The van der Waals surface area contributed by atoms with Crippen LogP contribution in [0.25, 0.3) is 0 Å². The van der Waals surface area contributed by atoms with Crippen LogP contribution >= 0.6 is 0 Å². The second kappa shape index (κ2) is 7.55. The molecule has 6 nitrogen and oxygen atoms in total. The number of hydrogen-bond donors (Lipinski definition) is 1. The van der Waals surface area contributed by atoms with Crippen molar-refractivity contribution in [2.75, 3.05) is 6.54 Å². The van der Waals surface area contributed by atoms with E-state index >= 15 is 0 Å². The van der Waals surface area contributed by atoms with Gasteiger partial charge in [0, 0.05) is 36.4 Å². The van der Waals surface area contributed by atoms with E-state index in [0.29, 0.717) is 19.3 Å². The van der Waals surface area contributed by atoms with Crippen LogP contribution in [0.15, 0.2) is 6.20 Å². The molecule has 0 spiro atoms. The van der Waals surface area contributed by atoms with Gasteiger partial charge >= 0.3 is 0 Å². The van der Waals surface area contributed by atoms with Crippen LogP contribution in [0.3, 0.4) is 0 Å². The molecule has 2 heterocycles. The Balaban J connectivity index is 2.29. The summed E-state index contributed by atoms with van der Waals surface area (Å²) in [6, 6.07) is 0. The zero-order valence-corrected chi connectivity index (χ0v) is 15.2. The van der Waals surface area contributed by atoms with Crippen LogP contribution in [0.1, 0.15) is 65.0 Å². The van der Waals surface area contributed by atoms with Crippen LogP contribution in [0.2, 0.25) is 0 Å². The standard InChI is InChI=1S/C18H30N4O2/c1-4-17(2)8-5-6-10-22-13-14(20-21-22)11-18(3,16(24)12-19)9-7-15(17)23/h13H,4-12,19H2,1-3H3/t17-,18-/m0/s1. The Kier molecular flexibility index (Phi) is 5.91. The molecule has 1 aromatic rings. The fraction of sp³-hybridized carbons (Fsp3) is 0.778. The molecule has 0 aromatic carbocycles. The molecular weight excluding hydrogens is 304 g/mol. The summed E-state index contributed by atoms with van der Waals surface area (Å²) in [5.74, 6) is 0.249. The molecular formula is C18H30N4O2. The number of hydrogen-bond acceptors (Lipinski definition) is 5. The lowest BCUT2D eigenvalue weighted by Gasteiger charge is -2.30. The van der Waals surface area contributed by atoms with E-state index in [9.17, 15) is 9.59 Å². The highest BCUT2D eigenvalue weighted by Gasteiger charge is 2.37. The maximum absolute atomic E-state index is 12.8. The monoisotopic (exact) mass is 334 g/mol. The highest BCUT2D eigenvalue weighted by Crippen LogP contribution is 2.35. The number of fused-ring (bicyclic) bond motifs is 2. The smallest absolute Gasteiger partial charge is 0.152 e. The number of carbonyl (C=O) groups excluding carboxylic acids is 2. The van der Waals surface area contributed by atoms with Crippen LogP contribution in [-0.2, 0) is 22.6 Å². The van der Waals surface area contributed by atoms with Crippen LogP contribution in [-0.4, -0.2) is 33.1 Å². The molecule has 0 saturated heterocycles. The van der Waals surface area contributed by atoms with Crippen LogP contribution < -0.4 is 5.73 Å². The molecule has 2 N–H and O–H groups in total. The molecule has 0 fully saturated rings. The summed E-state index contributed by atoms with van der Waals surface area (Å²) in [5.41, 5.74) is 5.46. The Morgan fingerprint density at radius 3 is 2.75 bits per heavy atom. The van der Waals surface area contributed by atoms with Crippen LogP contribution in [0.4, 0.5) is 0 Å². The van der Waals surface area contributed by atoms with Gasteiger partial charge in [0.2, 0.25) is 0 Å². The van der Waals surface area contributed by atoms with E-state index in [1.54, 1.807) is 0 Å². The van der Waals surface area contributed by atoms with E-state index < -0.39 is 5.41 Å². The number of aromatic nitrogens is 3. The minimum Gasteiger partial charge on any atom is -0.324 e. The van der Waals surface area contributed by atoms with Crippen LogP contribution in [0, 0.1) is 10.8 Å². The number of nitrogens with zero attached hydrogens (tertiary/aromatic N) is 3. The van der Waals surface area contributed by atoms with E-state index in [-0.39, 0.29) is 23.5 Å². The van der Waals surface area contributed by atoms with Crippen molar-refractivity contribution in [1.29, 1.82) is 0 Å². The summed E-state index contributed by atoms with van der Waals surface area (Å²) in [7, 11) is 0.